The Labute approximate surface area is 113 Å². The van der Waals surface area contributed by atoms with E-state index in [1.54, 1.807) is 0 Å². The maximum absolute atomic E-state index is 10.5. The molecule has 19 heavy (non-hydrogen) atoms. The Bertz CT molecular complexity index is 352. The third kappa shape index (κ3) is 7.56. The van der Waals surface area contributed by atoms with Gasteiger partial charge in [0.05, 0.1) is 33.0 Å². The predicted molar refractivity (Wildman–Crippen MR) is 70.0 cm³/mol. The van der Waals surface area contributed by atoms with E-state index in [1.165, 1.54) is 6.92 Å². The largest absolute Gasteiger partial charge is 0.479 e. The van der Waals surface area contributed by atoms with E-state index in [1.807, 2.05) is 30.3 Å². The van der Waals surface area contributed by atoms with Crippen LogP contribution >= 0.6 is 0 Å². The second kappa shape index (κ2) is 9.49. The molecule has 0 aliphatic rings. The van der Waals surface area contributed by atoms with Crippen molar-refractivity contribution in [2.24, 2.45) is 0 Å². The van der Waals surface area contributed by atoms with Crippen molar-refractivity contribution in [3.05, 3.63) is 35.9 Å². The molecular formula is C14H20O5. The normalized spacial score (nSPS) is 12.3. The third-order valence-electron chi connectivity index (χ3n) is 2.43. The fourth-order valence-corrected chi connectivity index (χ4v) is 1.34. The first-order valence-corrected chi connectivity index (χ1v) is 6.24. The zero-order valence-electron chi connectivity index (χ0n) is 11.1. The molecular weight excluding hydrogens is 248 g/mol. The molecule has 1 N–H and O–H groups in total. The lowest BCUT2D eigenvalue weighted by Crippen LogP contribution is -2.22. The van der Waals surface area contributed by atoms with Gasteiger partial charge in [0.2, 0.25) is 0 Å². The topological polar surface area (TPSA) is 65.0 Å². The highest BCUT2D eigenvalue weighted by Crippen LogP contribution is 2.00. The number of benzene rings is 1. The van der Waals surface area contributed by atoms with E-state index < -0.39 is 12.1 Å². The Morgan fingerprint density at radius 2 is 1.74 bits per heavy atom. The summed E-state index contributed by atoms with van der Waals surface area (Å²) in [6, 6.07) is 9.90. The van der Waals surface area contributed by atoms with Gasteiger partial charge in [-0.15, -0.1) is 0 Å². The van der Waals surface area contributed by atoms with Crippen LogP contribution in [0.5, 0.6) is 0 Å². The first-order chi connectivity index (χ1) is 9.20. The molecule has 1 rings (SSSR count). The van der Waals surface area contributed by atoms with Crippen LogP contribution in [-0.4, -0.2) is 43.6 Å². The van der Waals surface area contributed by atoms with Crippen LogP contribution in [0, 0.1) is 0 Å². The first kappa shape index (κ1) is 15.6. The monoisotopic (exact) mass is 268 g/mol. The van der Waals surface area contributed by atoms with Gasteiger partial charge in [0.1, 0.15) is 0 Å². The quantitative estimate of drug-likeness (QED) is 0.654. The maximum atomic E-state index is 10.5. The number of ether oxygens (including phenoxy) is 3. The molecule has 1 unspecified atom stereocenters. The highest BCUT2D eigenvalue weighted by molar-refractivity contribution is 5.71. The van der Waals surface area contributed by atoms with Gasteiger partial charge in [0, 0.05) is 0 Å². The van der Waals surface area contributed by atoms with E-state index >= 15 is 0 Å². The maximum Gasteiger partial charge on any atom is 0.332 e. The van der Waals surface area contributed by atoms with Crippen molar-refractivity contribution in [3.8, 4) is 0 Å². The molecule has 0 aromatic heterocycles. The number of carboxylic acid groups (broad SMARTS) is 1. The number of carboxylic acids is 1. The van der Waals surface area contributed by atoms with Crippen LogP contribution in [0.1, 0.15) is 12.5 Å². The number of hydrogen-bond donors (Lipinski definition) is 1. The van der Waals surface area contributed by atoms with Gasteiger partial charge in [-0.3, -0.25) is 0 Å². The van der Waals surface area contributed by atoms with Gasteiger partial charge in [-0.2, -0.15) is 0 Å². The Kier molecular flexibility index (Phi) is 7.81. The summed E-state index contributed by atoms with van der Waals surface area (Å²) in [6.07, 6.45) is -0.794. The van der Waals surface area contributed by atoms with E-state index in [0.717, 1.165) is 5.56 Å². The lowest BCUT2D eigenvalue weighted by atomic mass is 10.2. The molecule has 1 aromatic carbocycles. The Balaban J connectivity index is 1.90. The molecule has 1 atom stereocenters. The lowest BCUT2D eigenvalue weighted by Gasteiger charge is -2.09. The van der Waals surface area contributed by atoms with Gasteiger partial charge < -0.3 is 19.3 Å². The molecule has 0 bridgehead atoms. The summed E-state index contributed by atoms with van der Waals surface area (Å²) in [6.45, 7) is 3.67. The standard InChI is InChI=1S/C14H20O5/c1-12(14(15)16)19-10-9-17-7-8-18-11-13-5-3-2-4-6-13/h2-6,12H,7-11H2,1H3,(H,15,16). The molecule has 0 radical (unpaired) electrons. The fraction of sp³-hybridized carbons (Fsp3) is 0.500. The second-order valence-corrected chi connectivity index (χ2v) is 4.00. The van der Waals surface area contributed by atoms with Crippen molar-refractivity contribution in [2.45, 2.75) is 19.6 Å². The zero-order valence-corrected chi connectivity index (χ0v) is 11.1. The van der Waals surface area contributed by atoms with E-state index in [0.29, 0.717) is 26.4 Å². The molecule has 0 fully saturated rings. The molecule has 0 saturated carbocycles. The van der Waals surface area contributed by atoms with E-state index in [2.05, 4.69) is 0 Å². The number of aliphatic carboxylic acids is 1. The van der Waals surface area contributed by atoms with Crippen LogP contribution in [0.4, 0.5) is 0 Å². The van der Waals surface area contributed by atoms with E-state index in [9.17, 15) is 4.79 Å². The Morgan fingerprint density at radius 3 is 2.42 bits per heavy atom. The second-order valence-electron chi connectivity index (χ2n) is 4.00. The summed E-state index contributed by atoms with van der Waals surface area (Å²) in [5.41, 5.74) is 1.13. The summed E-state index contributed by atoms with van der Waals surface area (Å²) in [4.78, 5) is 10.5. The summed E-state index contributed by atoms with van der Waals surface area (Å²) in [7, 11) is 0. The minimum atomic E-state index is -0.966. The first-order valence-electron chi connectivity index (χ1n) is 6.24. The molecule has 0 spiro atoms. The molecule has 106 valence electrons. The van der Waals surface area contributed by atoms with Crippen LogP contribution in [-0.2, 0) is 25.6 Å². The van der Waals surface area contributed by atoms with Crippen LogP contribution in [0.25, 0.3) is 0 Å². The van der Waals surface area contributed by atoms with Crippen LogP contribution in [0.2, 0.25) is 0 Å². The average molecular weight is 268 g/mol. The molecule has 1 aromatic rings. The molecule has 0 aliphatic heterocycles. The summed E-state index contributed by atoms with van der Waals surface area (Å²) < 4.78 is 15.7. The van der Waals surface area contributed by atoms with Gasteiger partial charge in [0.25, 0.3) is 0 Å². The van der Waals surface area contributed by atoms with Gasteiger partial charge in [0.15, 0.2) is 6.10 Å². The van der Waals surface area contributed by atoms with Crippen LogP contribution in [0.15, 0.2) is 30.3 Å². The van der Waals surface area contributed by atoms with Gasteiger partial charge >= 0.3 is 5.97 Å². The zero-order chi connectivity index (χ0) is 13.9. The van der Waals surface area contributed by atoms with Crippen molar-refractivity contribution in [2.75, 3.05) is 26.4 Å². The number of rotatable bonds is 10. The van der Waals surface area contributed by atoms with Crippen molar-refractivity contribution in [1.82, 2.24) is 0 Å². The van der Waals surface area contributed by atoms with Crippen LogP contribution in [0.3, 0.4) is 0 Å². The van der Waals surface area contributed by atoms with Crippen molar-refractivity contribution < 1.29 is 24.1 Å². The average Bonchev–Trinajstić information content (AvgIpc) is 2.42. The minimum Gasteiger partial charge on any atom is -0.479 e. The van der Waals surface area contributed by atoms with Gasteiger partial charge in [-0.05, 0) is 12.5 Å². The van der Waals surface area contributed by atoms with Crippen molar-refractivity contribution >= 4 is 5.97 Å². The molecule has 5 nitrogen and oxygen atoms in total. The van der Waals surface area contributed by atoms with E-state index in [4.69, 9.17) is 19.3 Å². The summed E-state index contributed by atoms with van der Waals surface area (Å²) in [5, 5.41) is 8.58. The molecule has 0 heterocycles. The third-order valence-corrected chi connectivity index (χ3v) is 2.43. The van der Waals surface area contributed by atoms with Crippen LogP contribution < -0.4 is 0 Å². The fourth-order valence-electron chi connectivity index (χ4n) is 1.34. The van der Waals surface area contributed by atoms with Gasteiger partial charge in [-0.1, -0.05) is 30.3 Å². The number of carbonyl (C=O) groups is 1. The molecule has 0 aliphatic carbocycles. The smallest absolute Gasteiger partial charge is 0.332 e. The van der Waals surface area contributed by atoms with E-state index in [-0.39, 0.29) is 6.61 Å². The SMILES string of the molecule is CC(OCCOCCOCc1ccccc1)C(=O)O. The number of hydrogen-bond acceptors (Lipinski definition) is 4. The summed E-state index contributed by atoms with van der Waals surface area (Å²) in [5.74, 6) is -0.966. The summed E-state index contributed by atoms with van der Waals surface area (Å²) >= 11 is 0. The Morgan fingerprint density at radius 1 is 1.11 bits per heavy atom. The molecule has 5 heteroatoms. The van der Waals surface area contributed by atoms with Crippen molar-refractivity contribution in [1.29, 1.82) is 0 Å². The minimum absolute atomic E-state index is 0.270. The lowest BCUT2D eigenvalue weighted by molar-refractivity contribution is -0.150. The predicted octanol–water partition coefficient (Wildman–Crippen LogP) is 1.71. The van der Waals surface area contributed by atoms with Crippen molar-refractivity contribution in [3.63, 3.8) is 0 Å². The molecule has 0 saturated heterocycles. The highest BCUT2D eigenvalue weighted by atomic mass is 16.6. The highest BCUT2D eigenvalue weighted by Gasteiger charge is 2.09. The Hall–Kier alpha value is -1.43. The molecule has 0 amide bonds. The van der Waals surface area contributed by atoms with Gasteiger partial charge in [-0.25, -0.2) is 4.79 Å².